The first kappa shape index (κ1) is 16.1. The Hall–Kier alpha value is -2.27. The van der Waals surface area contributed by atoms with Gasteiger partial charge in [-0.25, -0.2) is 0 Å². The van der Waals surface area contributed by atoms with Crippen LogP contribution in [0.1, 0.15) is 13.3 Å². The van der Waals surface area contributed by atoms with E-state index in [0.29, 0.717) is 17.8 Å². The van der Waals surface area contributed by atoms with Crippen LogP contribution in [0, 0.1) is 0 Å². The van der Waals surface area contributed by atoms with Crippen molar-refractivity contribution in [2.45, 2.75) is 18.2 Å². The minimum Gasteiger partial charge on any atom is -0.326 e. The van der Waals surface area contributed by atoms with Gasteiger partial charge in [-0.1, -0.05) is 24.3 Å². The van der Waals surface area contributed by atoms with Gasteiger partial charge in [0, 0.05) is 35.4 Å². The van der Waals surface area contributed by atoms with Gasteiger partial charge in [-0.2, -0.15) is 0 Å². The van der Waals surface area contributed by atoms with Gasteiger partial charge >= 0.3 is 0 Å². The molecule has 0 bridgehead atoms. The van der Waals surface area contributed by atoms with Crippen LogP contribution in [-0.4, -0.2) is 17.6 Å². The highest BCUT2D eigenvalue weighted by Gasteiger charge is 2.04. The molecule has 2 rings (SSSR count). The largest absolute Gasteiger partial charge is 0.326 e. The molecule has 2 aromatic rings. The summed E-state index contributed by atoms with van der Waals surface area (Å²) in [6.45, 7) is 1.45. The third kappa shape index (κ3) is 5.61. The third-order valence-electron chi connectivity index (χ3n) is 2.81. The molecule has 0 saturated carbocycles. The molecule has 0 saturated heterocycles. The first-order chi connectivity index (χ1) is 10.6. The number of anilines is 2. The summed E-state index contributed by atoms with van der Waals surface area (Å²) >= 11 is 1.65. The molecule has 0 aliphatic carbocycles. The summed E-state index contributed by atoms with van der Waals surface area (Å²) in [4.78, 5) is 24.1. The van der Waals surface area contributed by atoms with Crippen molar-refractivity contribution in [3.63, 3.8) is 0 Å². The first-order valence-corrected chi connectivity index (χ1v) is 7.97. The average Bonchev–Trinajstić information content (AvgIpc) is 2.48. The van der Waals surface area contributed by atoms with Gasteiger partial charge in [-0.05, 0) is 30.3 Å². The minimum atomic E-state index is -0.136. The second kappa shape index (κ2) is 8.24. The lowest BCUT2D eigenvalue weighted by Gasteiger charge is -2.08. The number of thioether (sulfide) groups is 1. The maximum absolute atomic E-state index is 11.9. The smallest absolute Gasteiger partial charge is 0.225 e. The SMILES string of the molecule is CC(=O)Nc1cccc(NC(=O)CCSc2ccccc2)c1. The molecule has 0 aliphatic heterocycles. The van der Waals surface area contributed by atoms with Crippen molar-refractivity contribution in [3.8, 4) is 0 Å². The van der Waals surface area contributed by atoms with Crippen LogP contribution in [0.25, 0.3) is 0 Å². The number of nitrogens with one attached hydrogen (secondary N) is 2. The molecule has 2 N–H and O–H groups in total. The van der Waals surface area contributed by atoms with Crippen LogP contribution in [0.15, 0.2) is 59.5 Å². The van der Waals surface area contributed by atoms with E-state index in [1.54, 1.807) is 36.0 Å². The van der Waals surface area contributed by atoms with Crippen LogP contribution < -0.4 is 10.6 Å². The van der Waals surface area contributed by atoms with E-state index in [2.05, 4.69) is 10.6 Å². The average molecular weight is 314 g/mol. The van der Waals surface area contributed by atoms with E-state index < -0.39 is 0 Å². The highest BCUT2D eigenvalue weighted by Crippen LogP contribution is 2.19. The van der Waals surface area contributed by atoms with Gasteiger partial charge in [0.05, 0.1) is 0 Å². The van der Waals surface area contributed by atoms with Gasteiger partial charge < -0.3 is 10.6 Å². The Morgan fingerprint density at radius 2 is 1.64 bits per heavy atom. The Morgan fingerprint density at radius 1 is 0.955 bits per heavy atom. The molecule has 0 aromatic heterocycles. The van der Waals surface area contributed by atoms with E-state index >= 15 is 0 Å². The zero-order valence-electron chi connectivity index (χ0n) is 12.3. The van der Waals surface area contributed by atoms with Crippen molar-refractivity contribution in [2.24, 2.45) is 0 Å². The zero-order valence-corrected chi connectivity index (χ0v) is 13.2. The Labute approximate surface area is 134 Å². The molecule has 0 atom stereocenters. The molecule has 5 heteroatoms. The fourth-order valence-corrected chi connectivity index (χ4v) is 2.75. The first-order valence-electron chi connectivity index (χ1n) is 6.99. The van der Waals surface area contributed by atoms with E-state index in [4.69, 9.17) is 0 Å². The highest BCUT2D eigenvalue weighted by atomic mass is 32.2. The standard InChI is InChI=1S/C17H18N2O2S/c1-13(20)18-14-6-5-7-15(12-14)19-17(21)10-11-22-16-8-3-2-4-9-16/h2-9,12H,10-11H2,1H3,(H,18,20)(H,19,21). The molecular formula is C17H18N2O2S. The molecule has 4 nitrogen and oxygen atoms in total. The third-order valence-corrected chi connectivity index (χ3v) is 3.82. The molecule has 0 fully saturated rings. The van der Waals surface area contributed by atoms with Crippen LogP contribution in [0.4, 0.5) is 11.4 Å². The lowest BCUT2D eigenvalue weighted by atomic mass is 10.2. The molecule has 0 aliphatic rings. The number of carbonyl (C=O) groups is 2. The van der Waals surface area contributed by atoms with Crippen LogP contribution in [0.3, 0.4) is 0 Å². The number of carbonyl (C=O) groups excluding carboxylic acids is 2. The van der Waals surface area contributed by atoms with Gasteiger partial charge in [0.25, 0.3) is 0 Å². The van der Waals surface area contributed by atoms with Gasteiger partial charge in [0.1, 0.15) is 0 Å². The number of hydrogen-bond acceptors (Lipinski definition) is 3. The lowest BCUT2D eigenvalue weighted by Crippen LogP contribution is -2.12. The Bertz CT molecular complexity index is 644. The van der Waals surface area contributed by atoms with Crippen molar-refractivity contribution in [1.29, 1.82) is 0 Å². The van der Waals surface area contributed by atoms with Crippen LogP contribution in [-0.2, 0) is 9.59 Å². The zero-order chi connectivity index (χ0) is 15.8. The van der Waals surface area contributed by atoms with Crippen molar-refractivity contribution >= 4 is 35.0 Å². The maximum atomic E-state index is 11.9. The van der Waals surface area contributed by atoms with Crippen LogP contribution in [0.2, 0.25) is 0 Å². The number of benzene rings is 2. The van der Waals surface area contributed by atoms with E-state index in [0.717, 1.165) is 10.6 Å². The summed E-state index contributed by atoms with van der Waals surface area (Å²) in [6.07, 6.45) is 0.434. The van der Waals surface area contributed by atoms with Gasteiger partial charge in [-0.15, -0.1) is 11.8 Å². The molecule has 2 amide bonds. The topological polar surface area (TPSA) is 58.2 Å². The Morgan fingerprint density at radius 3 is 2.32 bits per heavy atom. The summed E-state index contributed by atoms with van der Waals surface area (Å²) in [7, 11) is 0. The quantitative estimate of drug-likeness (QED) is 0.798. The summed E-state index contributed by atoms with van der Waals surface area (Å²) in [5.41, 5.74) is 1.35. The summed E-state index contributed by atoms with van der Waals surface area (Å²) < 4.78 is 0. The highest BCUT2D eigenvalue weighted by molar-refractivity contribution is 7.99. The predicted octanol–water partition coefficient (Wildman–Crippen LogP) is 3.77. The lowest BCUT2D eigenvalue weighted by molar-refractivity contribution is -0.116. The van der Waals surface area contributed by atoms with Crippen molar-refractivity contribution in [3.05, 3.63) is 54.6 Å². The minimum absolute atomic E-state index is 0.0385. The Balaban J connectivity index is 1.80. The number of amides is 2. The van der Waals surface area contributed by atoms with Gasteiger partial charge in [0.15, 0.2) is 0 Å². The second-order valence-electron chi connectivity index (χ2n) is 4.72. The number of hydrogen-bond donors (Lipinski definition) is 2. The van der Waals surface area contributed by atoms with Crippen LogP contribution in [0.5, 0.6) is 0 Å². The normalized spacial score (nSPS) is 10.0. The monoisotopic (exact) mass is 314 g/mol. The second-order valence-corrected chi connectivity index (χ2v) is 5.89. The van der Waals surface area contributed by atoms with Crippen molar-refractivity contribution in [1.82, 2.24) is 0 Å². The summed E-state index contributed by atoms with van der Waals surface area (Å²) in [6, 6.07) is 17.1. The molecule has 0 unspecified atom stereocenters. The fourth-order valence-electron chi connectivity index (χ4n) is 1.88. The number of rotatable bonds is 6. The van der Waals surface area contributed by atoms with E-state index in [1.165, 1.54) is 6.92 Å². The molecule has 0 radical (unpaired) electrons. The molecule has 2 aromatic carbocycles. The van der Waals surface area contributed by atoms with Gasteiger partial charge in [-0.3, -0.25) is 9.59 Å². The summed E-state index contributed by atoms with van der Waals surface area (Å²) in [5.74, 6) is 0.549. The van der Waals surface area contributed by atoms with Crippen LogP contribution >= 0.6 is 11.8 Å². The molecule has 0 spiro atoms. The van der Waals surface area contributed by atoms with E-state index in [1.807, 2.05) is 30.3 Å². The molecule has 0 heterocycles. The van der Waals surface area contributed by atoms with Crippen molar-refractivity contribution < 1.29 is 9.59 Å². The van der Waals surface area contributed by atoms with E-state index in [9.17, 15) is 9.59 Å². The molecule has 114 valence electrons. The maximum Gasteiger partial charge on any atom is 0.225 e. The van der Waals surface area contributed by atoms with E-state index in [-0.39, 0.29) is 11.8 Å². The molecular weight excluding hydrogens is 296 g/mol. The van der Waals surface area contributed by atoms with Gasteiger partial charge in [0.2, 0.25) is 11.8 Å². The Kier molecular flexibility index (Phi) is 6.03. The predicted molar refractivity (Wildman–Crippen MR) is 91.2 cm³/mol. The summed E-state index contributed by atoms with van der Waals surface area (Å²) in [5, 5.41) is 5.53. The fraction of sp³-hybridized carbons (Fsp3) is 0.176. The molecule has 22 heavy (non-hydrogen) atoms. The van der Waals surface area contributed by atoms with Crippen molar-refractivity contribution in [2.75, 3.05) is 16.4 Å².